The lowest BCUT2D eigenvalue weighted by atomic mass is 9.82. The van der Waals surface area contributed by atoms with Crippen LogP contribution in [0.2, 0.25) is 0 Å². The van der Waals surface area contributed by atoms with Gasteiger partial charge in [-0.1, -0.05) is 6.92 Å². The van der Waals surface area contributed by atoms with Gasteiger partial charge in [-0.3, -0.25) is 4.79 Å². The van der Waals surface area contributed by atoms with Crippen LogP contribution in [0.15, 0.2) is 48.9 Å². The number of ether oxygens (including phenoxy) is 1. The van der Waals surface area contributed by atoms with Crippen molar-refractivity contribution in [2.75, 3.05) is 17.3 Å². The second kappa shape index (κ2) is 13.0. The van der Waals surface area contributed by atoms with Crippen molar-refractivity contribution in [2.24, 2.45) is 11.8 Å². The Bertz CT molecular complexity index is 1490. The van der Waals surface area contributed by atoms with Crippen molar-refractivity contribution in [3.8, 4) is 11.6 Å². The normalized spacial score (nSPS) is 17.0. The fraction of sp³-hybridized carbons (Fsp3) is 0.419. The van der Waals surface area contributed by atoms with Crippen LogP contribution in [0, 0.1) is 17.7 Å². The highest BCUT2D eigenvalue weighted by Gasteiger charge is 2.37. The van der Waals surface area contributed by atoms with Gasteiger partial charge in [0, 0.05) is 48.5 Å². The number of carbonyl (C=O) groups excluding carboxylic acids is 2. The molecule has 0 spiro atoms. The second-order valence-corrected chi connectivity index (χ2v) is 11.2. The fourth-order valence-electron chi connectivity index (χ4n) is 5.29. The molecule has 0 unspecified atom stereocenters. The van der Waals surface area contributed by atoms with Gasteiger partial charge in [0.05, 0.1) is 17.3 Å². The Morgan fingerprint density at radius 1 is 1.19 bits per heavy atom. The van der Waals surface area contributed by atoms with Crippen molar-refractivity contribution in [3.05, 3.63) is 71.4 Å². The number of benzene rings is 1. The fourth-order valence-corrected chi connectivity index (χ4v) is 5.29. The Morgan fingerprint density at radius 2 is 1.88 bits per heavy atom. The van der Waals surface area contributed by atoms with Gasteiger partial charge in [-0.15, -0.1) is 0 Å². The summed E-state index contributed by atoms with van der Waals surface area (Å²) in [4.78, 5) is 30.7. The first kappa shape index (κ1) is 31.7. The number of nitrogens with zero attached hydrogens (tertiary/aromatic N) is 3. The number of anilines is 2. The SMILES string of the molecule is CNc1ccc[n+](Cc2cnc(Oc3cc(C(=O)[O-])c(N(C(=O)C4CCC(C)CC4)C(C)C)cc3F)c(C(F)(F)F)c2)c1. The Morgan fingerprint density at radius 3 is 2.49 bits per heavy atom. The minimum Gasteiger partial charge on any atom is -0.545 e. The zero-order valence-electron chi connectivity index (χ0n) is 24.4. The molecule has 0 atom stereocenters. The maximum Gasteiger partial charge on any atom is 0.421 e. The number of hydrogen-bond donors (Lipinski definition) is 1. The van der Waals surface area contributed by atoms with Gasteiger partial charge in [0.2, 0.25) is 11.8 Å². The number of aromatic carboxylic acids is 1. The predicted molar refractivity (Wildman–Crippen MR) is 149 cm³/mol. The average molecular weight is 603 g/mol. The topological polar surface area (TPSA) is 98.5 Å². The molecule has 0 saturated heterocycles. The summed E-state index contributed by atoms with van der Waals surface area (Å²) in [7, 11) is 1.71. The molecule has 8 nitrogen and oxygen atoms in total. The van der Waals surface area contributed by atoms with E-state index in [1.165, 1.54) is 11.1 Å². The molecule has 1 fully saturated rings. The lowest BCUT2D eigenvalue weighted by molar-refractivity contribution is -0.687. The molecule has 12 heteroatoms. The first-order chi connectivity index (χ1) is 20.3. The molecule has 1 saturated carbocycles. The van der Waals surface area contributed by atoms with Gasteiger partial charge in [0.15, 0.2) is 30.5 Å². The quantitative estimate of drug-likeness (QED) is 0.262. The Balaban J connectivity index is 1.69. The van der Waals surface area contributed by atoms with E-state index in [0.717, 1.165) is 36.7 Å². The summed E-state index contributed by atoms with van der Waals surface area (Å²) in [6.45, 7) is 5.48. The molecule has 230 valence electrons. The van der Waals surface area contributed by atoms with Crippen LogP contribution in [0.4, 0.5) is 28.9 Å². The van der Waals surface area contributed by atoms with Gasteiger partial charge in [-0.25, -0.2) is 9.37 Å². The Kier molecular flexibility index (Phi) is 9.56. The summed E-state index contributed by atoms with van der Waals surface area (Å²) in [5, 5.41) is 15.1. The number of hydrogen-bond acceptors (Lipinski definition) is 6. The summed E-state index contributed by atoms with van der Waals surface area (Å²) < 4.78 is 64.6. The summed E-state index contributed by atoms with van der Waals surface area (Å²) in [6, 6.07) is 5.36. The molecule has 1 aromatic carbocycles. The van der Waals surface area contributed by atoms with Gasteiger partial charge in [-0.2, -0.15) is 17.7 Å². The molecular formula is C31H34F4N4O4. The highest BCUT2D eigenvalue weighted by Crippen LogP contribution is 2.40. The molecule has 1 aliphatic rings. The van der Waals surface area contributed by atoms with Gasteiger partial charge in [0.1, 0.15) is 5.56 Å². The first-order valence-corrected chi connectivity index (χ1v) is 14.1. The molecule has 1 N–H and O–H groups in total. The third kappa shape index (κ3) is 7.41. The van der Waals surface area contributed by atoms with E-state index < -0.39 is 46.8 Å². The molecule has 0 radical (unpaired) electrons. The van der Waals surface area contributed by atoms with E-state index >= 15 is 4.39 Å². The van der Waals surface area contributed by atoms with Crippen molar-refractivity contribution in [1.82, 2.24) is 4.98 Å². The number of amides is 1. The zero-order valence-corrected chi connectivity index (χ0v) is 24.4. The zero-order chi connectivity index (χ0) is 31.5. The van der Waals surface area contributed by atoms with Crippen molar-refractivity contribution in [2.45, 2.75) is 65.2 Å². The van der Waals surface area contributed by atoms with Gasteiger partial charge >= 0.3 is 6.18 Å². The number of alkyl halides is 3. The lowest BCUT2D eigenvalue weighted by Gasteiger charge is -2.35. The van der Waals surface area contributed by atoms with E-state index in [1.807, 2.05) is 0 Å². The number of carboxylic acids is 1. The maximum atomic E-state index is 15.4. The molecule has 1 amide bonds. The standard InChI is InChI=1S/C31H34F4N4O4/c1-18(2)39(29(40)21-9-7-19(3)8-10-21)26-14-25(32)27(13-23(26)30(41)42)43-28-24(31(33,34)35)12-20(15-37-28)16-38-11-5-6-22(17-38)36-4/h5-6,11-15,17-19,21,36H,7-10,16H2,1-4H3. The molecule has 2 aromatic heterocycles. The molecule has 0 bridgehead atoms. The van der Waals surface area contributed by atoms with Crippen LogP contribution in [-0.2, 0) is 17.5 Å². The van der Waals surface area contributed by atoms with E-state index in [9.17, 15) is 27.9 Å². The number of aromatic nitrogens is 2. The van der Waals surface area contributed by atoms with E-state index in [4.69, 9.17) is 4.74 Å². The average Bonchev–Trinajstić information content (AvgIpc) is 2.94. The van der Waals surface area contributed by atoms with Crippen LogP contribution in [0.5, 0.6) is 11.6 Å². The van der Waals surface area contributed by atoms with Crippen LogP contribution in [0.3, 0.4) is 0 Å². The number of halogens is 4. The molecule has 43 heavy (non-hydrogen) atoms. The number of carboxylic acid groups (broad SMARTS) is 1. The van der Waals surface area contributed by atoms with Crippen LogP contribution in [0.1, 0.15) is 67.9 Å². The monoisotopic (exact) mass is 602 g/mol. The molecular weight excluding hydrogens is 568 g/mol. The molecule has 3 aromatic rings. The predicted octanol–water partition coefficient (Wildman–Crippen LogP) is 5.34. The van der Waals surface area contributed by atoms with E-state index in [1.54, 1.807) is 50.0 Å². The number of rotatable bonds is 9. The van der Waals surface area contributed by atoms with Crippen LogP contribution >= 0.6 is 0 Å². The third-order valence-electron chi connectivity index (χ3n) is 7.58. The minimum atomic E-state index is -4.91. The highest BCUT2D eigenvalue weighted by molar-refractivity contribution is 6.02. The van der Waals surface area contributed by atoms with Crippen LogP contribution in [0.25, 0.3) is 0 Å². The Hall–Kier alpha value is -4.22. The van der Waals surface area contributed by atoms with Crippen LogP contribution < -0.4 is 24.6 Å². The minimum absolute atomic E-state index is 0.0583. The van der Waals surface area contributed by atoms with E-state index in [-0.39, 0.29) is 29.6 Å². The third-order valence-corrected chi connectivity index (χ3v) is 7.58. The lowest BCUT2D eigenvalue weighted by Crippen LogP contribution is -2.43. The largest absolute Gasteiger partial charge is 0.545 e. The highest BCUT2D eigenvalue weighted by atomic mass is 19.4. The molecule has 2 heterocycles. The maximum absolute atomic E-state index is 15.4. The Labute approximate surface area is 247 Å². The van der Waals surface area contributed by atoms with Crippen LogP contribution in [-0.4, -0.2) is 29.9 Å². The summed E-state index contributed by atoms with van der Waals surface area (Å²) in [5.74, 6) is -4.88. The molecule has 4 rings (SSSR count). The van der Waals surface area contributed by atoms with Crippen molar-refractivity contribution in [3.63, 3.8) is 0 Å². The van der Waals surface area contributed by atoms with Crippen molar-refractivity contribution < 1.29 is 41.6 Å². The van der Waals surface area contributed by atoms with Crippen molar-refractivity contribution >= 4 is 23.3 Å². The summed E-state index contributed by atoms with van der Waals surface area (Å²) in [5.41, 5.74) is -1.15. The number of nitrogens with one attached hydrogen (secondary N) is 1. The first-order valence-electron chi connectivity index (χ1n) is 14.1. The van der Waals surface area contributed by atoms with E-state index in [0.29, 0.717) is 18.8 Å². The van der Waals surface area contributed by atoms with Gasteiger partial charge in [-0.05, 0) is 63.6 Å². The summed E-state index contributed by atoms with van der Waals surface area (Å²) in [6.07, 6.45) is 2.55. The number of pyridine rings is 2. The van der Waals surface area contributed by atoms with E-state index in [2.05, 4.69) is 17.2 Å². The smallest absolute Gasteiger partial charge is 0.421 e. The van der Waals surface area contributed by atoms with Crippen molar-refractivity contribution in [1.29, 1.82) is 0 Å². The second-order valence-electron chi connectivity index (χ2n) is 11.2. The summed E-state index contributed by atoms with van der Waals surface area (Å²) >= 11 is 0. The van der Waals surface area contributed by atoms with Gasteiger partial charge in [0.25, 0.3) is 0 Å². The molecule has 1 aliphatic carbocycles. The molecule has 0 aliphatic heterocycles. The van der Waals surface area contributed by atoms with Gasteiger partial charge < -0.3 is 24.9 Å². The number of carbonyl (C=O) groups is 2.